The lowest BCUT2D eigenvalue weighted by atomic mass is 10.2. The zero-order valence-electron chi connectivity index (χ0n) is 7.85. The largest absolute Gasteiger partial charge is 0.472 e. The Morgan fingerprint density at radius 3 is 3.07 bits per heavy atom. The fourth-order valence-corrected chi connectivity index (χ4v) is 1.53. The second kappa shape index (κ2) is 4.35. The Balaban J connectivity index is 2.50. The van der Waals surface area contributed by atoms with Gasteiger partial charge in [0.1, 0.15) is 12.1 Å². The monoisotopic (exact) mass is 265 g/mol. The van der Waals surface area contributed by atoms with E-state index in [1.54, 1.807) is 6.08 Å². The highest BCUT2D eigenvalue weighted by Crippen LogP contribution is 2.23. The highest BCUT2D eigenvalue weighted by molar-refractivity contribution is 9.10. The highest BCUT2D eigenvalue weighted by atomic mass is 79.9. The van der Waals surface area contributed by atoms with Gasteiger partial charge in [0.15, 0.2) is 0 Å². The van der Waals surface area contributed by atoms with E-state index in [4.69, 9.17) is 4.74 Å². The van der Waals surface area contributed by atoms with Gasteiger partial charge in [-0.25, -0.2) is 0 Å². The number of nitrogens with zero attached hydrogens (tertiary/aromatic N) is 3. The number of benzene rings is 1. The Labute approximate surface area is 95.1 Å². The van der Waals surface area contributed by atoms with Crippen molar-refractivity contribution in [3.05, 3.63) is 35.3 Å². The van der Waals surface area contributed by atoms with Crippen molar-refractivity contribution in [1.82, 2.24) is 15.4 Å². The van der Waals surface area contributed by atoms with Crippen LogP contribution in [0.5, 0.6) is 5.88 Å². The number of hydrogen-bond donors (Lipinski definition) is 0. The molecule has 4 nitrogen and oxygen atoms in total. The molecule has 0 bridgehead atoms. The molecule has 0 fully saturated rings. The van der Waals surface area contributed by atoms with Crippen LogP contribution in [0.15, 0.2) is 35.3 Å². The average molecular weight is 266 g/mol. The van der Waals surface area contributed by atoms with E-state index in [9.17, 15) is 0 Å². The summed E-state index contributed by atoms with van der Waals surface area (Å²) in [6.45, 7) is 3.98. The first-order valence-electron chi connectivity index (χ1n) is 4.33. The molecule has 0 atom stereocenters. The summed E-state index contributed by atoms with van der Waals surface area (Å²) in [6.07, 6.45) is 1.66. The van der Waals surface area contributed by atoms with Crippen LogP contribution in [0.4, 0.5) is 0 Å². The highest BCUT2D eigenvalue weighted by Gasteiger charge is 2.05. The van der Waals surface area contributed by atoms with Crippen LogP contribution in [-0.4, -0.2) is 22.0 Å². The van der Waals surface area contributed by atoms with Gasteiger partial charge in [-0.2, -0.15) is 0 Å². The van der Waals surface area contributed by atoms with Gasteiger partial charge in [0, 0.05) is 4.47 Å². The summed E-state index contributed by atoms with van der Waals surface area (Å²) in [6, 6.07) is 5.66. The number of hydrogen-bond acceptors (Lipinski definition) is 4. The standard InChI is InChI=1S/C10H8BrN3O/c1-2-5-15-10-8-4-3-7(11)6-9(8)12-14-13-10/h2-4,6H,1,5H2. The van der Waals surface area contributed by atoms with Crippen LogP contribution in [0.2, 0.25) is 0 Å². The third-order valence-corrected chi connectivity index (χ3v) is 2.31. The molecule has 0 N–H and O–H groups in total. The number of halogens is 1. The minimum atomic E-state index is 0.407. The van der Waals surface area contributed by atoms with Gasteiger partial charge in [-0.1, -0.05) is 33.7 Å². The van der Waals surface area contributed by atoms with E-state index in [0.29, 0.717) is 12.5 Å². The zero-order chi connectivity index (χ0) is 10.7. The van der Waals surface area contributed by atoms with Crippen molar-refractivity contribution in [2.45, 2.75) is 0 Å². The molecule has 2 rings (SSSR count). The fourth-order valence-electron chi connectivity index (χ4n) is 1.18. The van der Waals surface area contributed by atoms with E-state index in [1.807, 2.05) is 18.2 Å². The van der Waals surface area contributed by atoms with E-state index < -0.39 is 0 Å². The van der Waals surface area contributed by atoms with E-state index in [1.165, 1.54) is 0 Å². The molecule has 1 heterocycles. The minimum absolute atomic E-state index is 0.407. The molecule has 5 heteroatoms. The number of ether oxygens (including phenoxy) is 1. The van der Waals surface area contributed by atoms with Gasteiger partial charge >= 0.3 is 0 Å². The van der Waals surface area contributed by atoms with Gasteiger partial charge in [-0.15, -0.1) is 5.10 Å². The van der Waals surface area contributed by atoms with Crippen LogP contribution in [-0.2, 0) is 0 Å². The molecule has 0 unspecified atom stereocenters. The first-order chi connectivity index (χ1) is 7.31. The van der Waals surface area contributed by atoms with Crippen molar-refractivity contribution in [1.29, 1.82) is 0 Å². The van der Waals surface area contributed by atoms with Crippen molar-refractivity contribution in [3.8, 4) is 5.88 Å². The summed E-state index contributed by atoms with van der Waals surface area (Å²) in [5, 5.41) is 12.2. The minimum Gasteiger partial charge on any atom is -0.472 e. The second-order valence-corrected chi connectivity index (χ2v) is 3.77. The molecule has 0 radical (unpaired) electrons. The van der Waals surface area contributed by atoms with Gasteiger partial charge in [0.05, 0.1) is 5.39 Å². The smallest absolute Gasteiger partial charge is 0.245 e. The molecular weight excluding hydrogens is 258 g/mol. The molecule has 0 saturated carbocycles. The second-order valence-electron chi connectivity index (χ2n) is 2.86. The Morgan fingerprint density at radius 2 is 2.27 bits per heavy atom. The first-order valence-corrected chi connectivity index (χ1v) is 5.13. The molecule has 0 amide bonds. The third-order valence-electron chi connectivity index (χ3n) is 1.82. The molecule has 76 valence electrons. The lowest BCUT2D eigenvalue weighted by Gasteiger charge is -2.03. The summed E-state index contributed by atoms with van der Waals surface area (Å²) in [7, 11) is 0. The van der Waals surface area contributed by atoms with E-state index in [-0.39, 0.29) is 0 Å². The molecule has 1 aromatic carbocycles. The molecule has 0 aliphatic heterocycles. The van der Waals surface area contributed by atoms with Crippen molar-refractivity contribution in [3.63, 3.8) is 0 Å². The SMILES string of the molecule is C=CCOc1nnnc2cc(Br)ccc12. The molecule has 2 aromatic rings. The van der Waals surface area contributed by atoms with Gasteiger partial charge in [-0.05, 0) is 23.4 Å². The first kappa shape index (κ1) is 10.0. The topological polar surface area (TPSA) is 47.9 Å². The van der Waals surface area contributed by atoms with Crippen LogP contribution in [0.25, 0.3) is 10.9 Å². The van der Waals surface area contributed by atoms with Gasteiger partial charge < -0.3 is 4.74 Å². The van der Waals surface area contributed by atoms with Crippen molar-refractivity contribution in [2.75, 3.05) is 6.61 Å². The summed E-state index contributed by atoms with van der Waals surface area (Å²) in [5.41, 5.74) is 0.749. The summed E-state index contributed by atoms with van der Waals surface area (Å²) in [4.78, 5) is 0. The molecule has 0 saturated heterocycles. The van der Waals surface area contributed by atoms with E-state index in [2.05, 4.69) is 37.9 Å². The molecule has 1 aromatic heterocycles. The number of aromatic nitrogens is 3. The van der Waals surface area contributed by atoms with Crippen molar-refractivity contribution < 1.29 is 4.74 Å². The number of fused-ring (bicyclic) bond motifs is 1. The Hall–Kier alpha value is -1.49. The van der Waals surface area contributed by atoms with Crippen LogP contribution in [0, 0.1) is 0 Å². The summed E-state index contributed by atoms with van der Waals surface area (Å²) in [5.74, 6) is 0.479. The zero-order valence-corrected chi connectivity index (χ0v) is 9.44. The van der Waals surface area contributed by atoms with Crippen LogP contribution >= 0.6 is 15.9 Å². The quantitative estimate of drug-likeness (QED) is 0.800. The van der Waals surface area contributed by atoms with Gasteiger partial charge in [0.25, 0.3) is 0 Å². The van der Waals surface area contributed by atoms with Crippen LogP contribution < -0.4 is 4.74 Å². The summed E-state index contributed by atoms with van der Waals surface area (Å²) >= 11 is 3.36. The predicted molar refractivity (Wildman–Crippen MR) is 60.7 cm³/mol. The Kier molecular flexibility index (Phi) is 2.91. The van der Waals surface area contributed by atoms with Crippen molar-refractivity contribution in [2.24, 2.45) is 0 Å². The molecule has 15 heavy (non-hydrogen) atoms. The maximum Gasteiger partial charge on any atom is 0.245 e. The number of rotatable bonds is 3. The summed E-state index contributed by atoms with van der Waals surface area (Å²) < 4.78 is 6.31. The van der Waals surface area contributed by atoms with Gasteiger partial charge in [-0.3, -0.25) is 0 Å². The Bertz CT molecular complexity index is 501. The molecular formula is C10H8BrN3O. The Morgan fingerprint density at radius 1 is 1.40 bits per heavy atom. The normalized spacial score (nSPS) is 10.2. The van der Waals surface area contributed by atoms with Gasteiger partial charge in [0.2, 0.25) is 5.88 Å². The maximum absolute atomic E-state index is 5.36. The fraction of sp³-hybridized carbons (Fsp3) is 0.100. The van der Waals surface area contributed by atoms with E-state index >= 15 is 0 Å². The third kappa shape index (κ3) is 2.12. The molecule has 0 aliphatic rings. The molecule has 0 spiro atoms. The molecule has 0 aliphatic carbocycles. The van der Waals surface area contributed by atoms with E-state index in [0.717, 1.165) is 15.4 Å². The van der Waals surface area contributed by atoms with Crippen molar-refractivity contribution >= 4 is 26.8 Å². The maximum atomic E-state index is 5.36. The lowest BCUT2D eigenvalue weighted by Crippen LogP contribution is -1.99. The average Bonchev–Trinajstić information content (AvgIpc) is 2.25. The van der Waals surface area contributed by atoms with Crippen LogP contribution in [0.3, 0.4) is 0 Å². The lowest BCUT2D eigenvalue weighted by molar-refractivity contribution is 0.347. The predicted octanol–water partition coefficient (Wildman–Crippen LogP) is 2.35. The van der Waals surface area contributed by atoms with Crippen LogP contribution in [0.1, 0.15) is 0 Å².